The molecule has 0 saturated carbocycles. The quantitative estimate of drug-likeness (QED) is 0.804. The van der Waals surface area contributed by atoms with Gasteiger partial charge >= 0.3 is 0 Å². The largest absolute Gasteiger partial charge is 0.508 e. The average molecular weight is 226 g/mol. The minimum Gasteiger partial charge on any atom is -0.508 e. The zero-order valence-electron chi connectivity index (χ0n) is 9.80. The van der Waals surface area contributed by atoms with Gasteiger partial charge in [-0.25, -0.2) is 0 Å². The van der Waals surface area contributed by atoms with Gasteiger partial charge in [0.15, 0.2) is 0 Å². The summed E-state index contributed by atoms with van der Waals surface area (Å²) in [5.74, 6) is 0.721. The van der Waals surface area contributed by atoms with E-state index in [9.17, 15) is 10.2 Å². The molecule has 0 heterocycles. The number of rotatable bonds is 5. The van der Waals surface area contributed by atoms with Crippen molar-refractivity contribution in [3.05, 3.63) is 23.8 Å². The van der Waals surface area contributed by atoms with E-state index in [1.54, 1.807) is 26.2 Å². The van der Waals surface area contributed by atoms with Gasteiger partial charge in [-0.1, -0.05) is 0 Å². The van der Waals surface area contributed by atoms with Crippen LogP contribution in [0.25, 0.3) is 0 Å². The number of aliphatic hydroxyl groups excluding tert-OH is 1. The Morgan fingerprint density at radius 3 is 2.56 bits per heavy atom. The summed E-state index contributed by atoms with van der Waals surface area (Å²) >= 11 is 0. The Balaban J connectivity index is 3.06. The van der Waals surface area contributed by atoms with Crippen LogP contribution < -0.4 is 4.74 Å². The molecule has 0 unspecified atom stereocenters. The van der Waals surface area contributed by atoms with Crippen molar-refractivity contribution in [2.75, 3.05) is 13.7 Å². The van der Waals surface area contributed by atoms with E-state index >= 15 is 0 Å². The van der Waals surface area contributed by atoms with Crippen LogP contribution in [0, 0.1) is 0 Å². The van der Waals surface area contributed by atoms with Crippen molar-refractivity contribution in [1.82, 2.24) is 0 Å². The van der Waals surface area contributed by atoms with E-state index in [1.165, 1.54) is 6.07 Å². The maximum absolute atomic E-state index is 9.73. The van der Waals surface area contributed by atoms with Gasteiger partial charge in [0.05, 0.1) is 13.2 Å². The van der Waals surface area contributed by atoms with E-state index in [1.807, 2.05) is 6.92 Å². The molecule has 4 heteroatoms. The Labute approximate surface area is 95.4 Å². The standard InChI is InChI=1S/C12H18O4/c1-4-16-12(8(2)13)10-7-9(15-3)5-6-11(10)14/h5-8,12-14H,4H2,1-3H3/t8-,12+/m0/s1. The number of ether oxygens (including phenoxy) is 2. The molecule has 0 radical (unpaired) electrons. The number of methoxy groups -OCH3 is 1. The van der Waals surface area contributed by atoms with Crippen molar-refractivity contribution in [2.45, 2.75) is 26.1 Å². The Bertz CT molecular complexity index is 336. The van der Waals surface area contributed by atoms with E-state index in [0.29, 0.717) is 17.9 Å². The van der Waals surface area contributed by atoms with Gasteiger partial charge in [0.25, 0.3) is 0 Å². The van der Waals surface area contributed by atoms with Crippen LogP contribution in [0.2, 0.25) is 0 Å². The van der Waals surface area contributed by atoms with Crippen molar-refractivity contribution in [1.29, 1.82) is 0 Å². The highest BCUT2D eigenvalue weighted by atomic mass is 16.5. The lowest BCUT2D eigenvalue weighted by atomic mass is 10.0. The van der Waals surface area contributed by atoms with Crippen molar-refractivity contribution in [3.8, 4) is 11.5 Å². The van der Waals surface area contributed by atoms with Gasteiger partial charge < -0.3 is 19.7 Å². The highest BCUT2D eigenvalue weighted by molar-refractivity contribution is 5.41. The smallest absolute Gasteiger partial charge is 0.121 e. The van der Waals surface area contributed by atoms with E-state index in [0.717, 1.165) is 0 Å². The van der Waals surface area contributed by atoms with Gasteiger partial charge in [0.2, 0.25) is 0 Å². The number of phenols is 1. The summed E-state index contributed by atoms with van der Waals surface area (Å²) in [4.78, 5) is 0. The number of hydrogen-bond donors (Lipinski definition) is 2. The van der Waals surface area contributed by atoms with Gasteiger partial charge in [-0.05, 0) is 32.0 Å². The molecule has 0 aliphatic carbocycles. The fourth-order valence-corrected chi connectivity index (χ4v) is 1.56. The van der Waals surface area contributed by atoms with Gasteiger partial charge in [0, 0.05) is 12.2 Å². The molecule has 90 valence electrons. The Morgan fingerprint density at radius 2 is 2.06 bits per heavy atom. The van der Waals surface area contributed by atoms with E-state index in [4.69, 9.17) is 9.47 Å². The summed E-state index contributed by atoms with van der Waals surface area (Å²) in [6, 6.07) is 4.86. The number of aliphatic hydroxyl groups is 1. The third-order valence-electron chi connectivity index (χ3n) is 2.33. The highest BCUT2D eigenvalue weighted by Gasteiger charge is 2.21. The molecule has 1 aromatic rings. The van der Waals surface area contributed by atoms with Crippen molar-refractivity contribution in [3.63, 3.8) is 0 Å². The predicted octanol–water partition coefficient (Wildman–Crippen LogP) is 1.86. The lowest BCUT2D eigenvalue weighted by Crippen LogP contribution is -2.18. The van der Waals surface area contributed by atoms with Crippen LogP contribution in [0.4, 0.5) is 0 Å². The molecule has 0 amide bonds. The first-order valence-corrected chi connectivity index (χ1v) is 5.26. The molecule has 2 atom stereocenters. The fraction of sp³-hybridized carbons (Fsp3) is 0.500. The molecule has 0 bridgehead atoms. The van der Waals surface area contributed by atoms with Crippen LogP contribution in [-0.4, -0.2) is 30.0 Å². The zero-order valence-corrected chi connectivity index (χ0v) is 9.80. The molecule has 1 aromatic carbocycles. The maximum atomic E-state index is 9.73. The minimum absolute atomic E-state index is 0.0974. The highest BCUT2D eigenvalue weighted by Crippen LogP contribution is 2.32. The number of phenolic OH excluding ortho intramolecular Hbond substituents is 1. The second-order valence-corrected chi connectivity index (χ2v) is 3.54. The van der Waals surface area contributed by atoms with Crippen LogP contribution in [0.15, 0.2) is 18.2 Å². The summed E-state index contributed by atoms with van der Waals surface area (Å²) in [6.45, 7) is 3.93. The first kappa shape index (κ1) is 12.8. The fourth-order valence-electron chi connectivity index (χ4n) is 1.56. The van der Waals surface area contributed by atoms with Crippen LogP contribution in [0.1, 0.15) is 25.5 Å². The molecule has 0 aliphatic rings. The van der Waals surface area contributed by atoms with Crippen molar-refractivity contribution in [2.24, 2.45) is 0 Å². The first-order valence-electron chi connectivity index (χ1n) is 5.26. The monoisotopic (exact) mass is 226 g/mol. The van der Waals surface area contributed by atoms with Crippen LogP contribution in [0.5, 0.6) is 11.5 Å². The molecule has 0 fully saturated rings. The summed E-state index contributed by atoms with van der Waals surface area (Å²) in [5.41, 5.74) is 0.538. The molecule has 0 aromatic heterocycles. The van der Waals surface area contributed by atoms with Crippen LogP contribution >= 0.6 is 0 Å². The summed E-state index contributed by atoms with van der Waals surface area (Å²) in [5, 5.41) is 19.3. The molecule has 4 nitrogen and oxygen atoms in total. The minimum atomic E-state index is -0.696. The second kappa shape index (κ2) is 5.72. The van der Waals surface area contributed by atoms with Gasteiger partial charge in [-0.15, -0.1) is 0 Å². The number of aromatic hydroxyl groups is 1. The van der Waals surface area contributed by atoms with E-state index in [-0.39, 0.29) is 5.75 Å². The Hall–Kier alpha value is -1.26. The van der Waals surface area contributed by atoms with Crippen molar-refractivity contribution >= 4 is 0 Å². The summed E-state index contributed by atoms with van der Waals surface area (Å²) in [7, 11) is 1.55. The average Bonchev–Trinajstić information content (AvgIpc) is 2.27. The van der Waals surface area contributed by atoms with Gasteiger partial charge in [-0.3, -0.25) is 0 Å². The zero-order chi connectivity index (χ0) is 12.1. The third-order valence-corrected chi connectivity index (χ3v) is 2.33. The first-order chi connectivity index (χ1) is 7.60. The second-order valence-electron chi connectivity index (χ2n) is 3.54. The summed E-state index contributed by atoms with van der Waals surface area (Å²) in [6.07, 6.45) is -1.24. The SMILES string of the molecule is CCO[C@@H](c1cc(OC)ccc1O)[C@H](C)O. The van der Waals surface area contributed by atoms with Crippen LogP contribution in [-0.2, 0) is 4.74 Å². The summed E-state index contributed by atoms with van der Waals surface area (Å²) < 4.78 is 10.5. The maximum Gasteiger partial charge on any atom is 0.121 e. The van der Waals surface area contributed by atoms with Gasteiger partial charge in [0.1, 0.15) is 17.6 Å². The number of benzene rings is 1. The predicted molar refractivity (Wildman–Crippen MR) is 60.7 cm³/mol. The molecule has 2 N–H and O–H groups in total. The Kier molecular flexibility index (Phi) is 4.58. The molecule has 1 rings (SSSR count). The van der Waals surface area contributed by atoms with E-state index in [2.05, 4.69) is 0 Å². The molecular weight excluding hydrogens is 208 g/mol. The molecule has 0 spiro atoms. The molecular formula is C12H18O4. The van der Waals surface area contributed by atoms with Crippen molar-refractivity contribution < 1.29 is 19.7 Å². The molecule has 0 aliphatic heterocycles. The Morgan fingerprint density at radius 1 is 1.38 bits per heavy atom. The lowest BCUT2D eigenvalue weighted by Gasteiger charge is -2.21. The van der Waals surface area contributed by atoms with Crippen LogP contribution in [0.3, 0.4) is 0 Å². The molecule has 0 saturated heterocycles. The normalized spacial score (nSPS) is 14.5. The third kappa shape index (κ3) is 2.87. The lowest BCUT2D eigenvalue weighted by molar-refractivity contribution is -0.0271. The number of hydrogen-bond acceptors (Lipinski definition) is 4. The topological polar surface area (TPSA) is 58.9 Å². The van der Waals surface area contributed by atoms with Gasteiger partial charge in [-0.2, -0.15) is 0 Å². The molecule has 16 heavy (non-hydrogen) atoms. The van der Waals surface area contributed by atoms with E-state index < -0.39 is 12.2 Å².